The first kappa shape index (κ1) is 20.9. The van der Waals surface area contributed by atoms with Gasteiger partial charge in [-0.2, -0.15) is 5.26 Å². The van der Waals surface area contributed by atoms with Gasteiger partial charge in [0, 0.05) is 5.69 Å². The summed E-state index contributed by atoms with van der Waals surface area (Å²) in [4.78, 5) is 12.5. The Morgan fingerprint density at radius 3 is 2.47 bits per heavy atom. The van der Waals surface area contributed by atoms with Gasteiger partial charge in [0.25, 0.3) is 5.91 Å². The fraction of sp³-hybridized carbons (Fsp3) is 0.154. The highest BCUT2D eigenvalue weighted by Gasteiger charge is 2.10. The first-order valence-electron chi connectivity index (χ1n) is 9.73. The van der Waals surface area contributed by atoms with Crippen molar-refractivity contribution < 1.29 is 9.53 Å². The summed E-state index contributed by atoms with van der Waals surface area (Å²) in [5.41, 5.74) is 5.92. The molecule has 0 bridgehead atoms. The number of nitrogens with one attached hydrogen (secondary N) is 1. The van der Waals surface area contributed by atoms with Crippen molar-refractivity contribution in [2.45, 2.75) is 27.4 Å². The fourth-order valence-electron chi connectivity index (χ4n) is 2.88. The molecule has 0 saturated carbocycles. The van der Waals surface area contributed by atoms with E-state index < -0.39 is 5.91 Å². The Balaban J connectivity index is 1.71. The minimum Gasteiger partial charge on any atom is -0.489 e. The second-order valence-corrected chi connectivity index (χ2v) is 7.27. The molecule has 4 nitrogen and oxygen atoms in total. The van der Waals surface area contributed by atoms with Crippen molar-refractivity contribution in [3.63, 3.8) is 0 Å². The molecule has 1 amide bonds. The van der Waals surface area contributed by atoms with Gasteiger partial charge < -0.3 is 10.1 Å². The molecular weight excluding hydrogens is 372 g/mol. The normalized spacial score (nSPS) is 10.9. The highest BCUT2D eigenvalue weighted by molar-refractivity contribution is 6.09. The van der Waals surface area contributed by atoms with Crippen molar-refractivity contribution in [2.24, 2.45) is 0 Å². The Morgan fingerprint density at radius 2 is 1.77 bits per heavy atom. The lowest BCUT2D eigenvalue weighted by molar-refractivity contribution is -0.112. The molecule has 0 heterocycles. The number of hydrogen-bond acceptors (Lipinski definition) is 3. The molecule has 0 radical (unpaired) electrons. The van der Waals surface area contributed by atoms with Gasteiger partial charge in [-0.1, -0.05) is 48.0 Å². The van der Waals surface area contributed by atoms with Gasteiger partial charge in [0.1, 0.15) is 24.0 Å². The number of hydrogen-bond donors (Lipinski definition) is 1. The third kappa shape index (κ3) is 5.59. The topological polar surface area (TPSA) is 62.1 Å². The standard InChI is InChI=1S/C26H24N2O2/c1-18-7-10-21(11-8-18)17-30-25-6-4-5-22(15-25)14-23(16-27)26(29)28-24-12-9-19(2)20(3)13-24/h4-15H,17H2,1-3H3,(H,28,29)/b23-14+. The Hall–Kier alpha value is -3.84. The summed E-state index contributed by atoms with van der Waals surface area (Å²) in [6.45, 7) is 6.48. The number of amides is 1. The summed E-state index contributed by atoms with van der Waals surface area (Å²) < 4.78 is 5.86. The van der Waals surface area contributed by atoms with Crippen LogP contribution in [0.5, 0.6) is 5.75 Å². The zero-order chi connectivity index (χ0) is 21.5. The van der Waals surface area contributed by atoms with E-state index in [1.807, 2.05) is 93.6 Å². The van der Waals surface area contributed by atoms with E-state index in [0.29, 0.717) is 18.0 Å². The van der Waals surface area contributed by atoms with Crippen molar-refractivity contribution >= 4 is 17.7 Å². The molecule has 0 spiro atoms. The van der Waals surface area contributed by atoms with Gasteiger partial charge in [0.15, 0.2) is 0 Å². The minimum absolute atomic E-state index is 0.0314. The first-order valence-corrected chi connectivity index (χ1v) is 9.73. The van der Waals surface area contributed by atoms with Gasteiger partial charge >= 0.3 is 0 Å². The zero-order valence-corrected chi connectivity index (χ0v) is 17.4. The average molecular weight is 396 g/mol. The maximum absolute atomic E-state index is 12.5. The van der Waals surface area contributed by atoms with E-state index >= 15 is 0 Å². The van der Waals surface area contributed by atoms with E-state index in [2.05, 4.69) is 5.32 Å². The average Bonchev–Trinajstić information content (AvgIpc) is 2.74. The molecular formula is C26H24N2O2. The van der Waals surface area contributed by atoms with Crippen molar-refractivity contribution in [3.8, 4) is 11.8 Å². The van der Waals surface area contributed by atoms with Gasteiger partial charge in [0.05, 0.1) is 0 Å². The maximum Gasteiger partial charge on any atom is 0.266 e. The summed E-state index contributed by atoms with van der Waals surface area (Å²) in [5, 5.41) is 12.3. The molecule has 0 aliphatic rings. The predicted octanol–water partition coefficient (Wildman–Crippen LogP) is 5.74. The third-order valence-corrected chi connectivity index (χ3v) is 4.83. The molecule has 3 aromatic carbocycles. The number of carbonyl (C=O) groups excluding carboxylic acids is 1. The lowest BCUT2D eigenvalue weighted by atomic mass is 10.1. The van der Waals surface area contributed by atoms with Crippen LogP contribution in [0.2, 0.25) is 0 Å². The SMILES string of the molecule is Cc1ccc(COc2cccc(/C=C(\C#N)C(=O)Nc3ccc(C)c(C)c3)c2)cc1. The zero-order valence-electron chi connectivity index (χ0n) is 17.4. The van der Waals surface area contributed by atoms with Crippen LogP contribution >= 0.6 is 0 Å². The lowest BCUT2D eigenvalue weighted by Crippen LogP contribution is -2.13. The van der Waals surface area contributed by atoms with Gasteiger partial charge in [-0.05, 0) is 73.4 Å². The highest BCUT2D eigenvalue weighted by Crippen LogP contribution is 2.19. The Bertz CT molecular complexity index is 1120. The molecule has 0 fully saturated rings. The van der Waals surface area contributed by atoms with E-state index in [1.165, 1.54) is 5.56 Å². The van der Waals surface area contributed by atoms with Crippen molar-refractivity contribution in [1.82, 2.24) is 0 Å². The number of nitrogens with zero attached hydrogens (tertiary/aromatic N) is 1. The molecule has 0 unspecified atom stereocenters. The molecule has 0 aliphatic carbocycles. The van der Waals surface area contributed by atoms with Gasteiger partial charge in [-0.15, -0.1) is 0 Å². The van der Waals surface area contributed by atoms with Crippen LogP contribution < -0.4 is 10.1 Å². The van der Waals surface area contributed by atoms with Crippen LogP contribution in [0.15, 0.2) is 72.3 Å². The second kappa shape index (κ2) is 9.58. The van der Waals surface area contributed by atoms with Crippen molar-refractivity contribution in [1.29, 1.82) is 5.26 Å². The molecule has 0 aromatic heterocycles. The Kier molecular flexibility index (Phi) is 6.67. The number of aryl methyl sites for hydroxylation is 3. The maximum atomic E-state index is 12.5. The first-order chi connectivity index (χ1) is 14.4. The van der Waals surface area contributed by atoms with Gasteiger partial charge in [-0.3, -0.25) is 4.79 Å². The van der Waals surface area contributed by atoms with Crippen LogP contribution in [0.4, 0.5) is 5.69 Å². The second-order valence-electron chi connectivity index (χ2n) is 7.27. The number of nitriles is 1. The summed E-state index contributed by atoms with van der Waals surface area (Å²) in [6.07, 6.45) is 1.56. The smallest absolute Gasteiger partial charge is 0.266 e. The molecule has 4 heteroatoms. The number of benzene rings is 3. The van der Waals surface area contributed by atoms with Crippen LogP contribution in [0.3, 0.4) is 0 Å². The molecule has 3 aromatic rings. The monoisotopic (exact) mass is 396 g/mol. The fourth-order valence-corrected chi connectivity index (χ4v) is 2.88. The van der Waals surface area contributed by atoms with E-state index in [4.69, 9.17) is 4.74 Å². The largest absolute Gasteiger partial charge is 0.489 e. The van der Waals surface area contributed by atoms with Crippen LogP contribution in [-0.2, 0) is 11.4 Å². The van der Waals surface area contributed by atoms with Crippen molar-refractivity contribution in [3.05, 3.63) is 100 Å². The summed E-state index contributed by atoms with van der Waals surface area (Å²) in [5.74, 6) is 0.239. The summed E-state index contributed by atoms with van der Waals surface area (Å²) in [6, 6.07) is 23.1. The molecule has 0 saturated heterocycles. The van der Waals surface area contributed by atoms with E-state index in [1.54, 1.807) is 6.08 Å². The van der Waals surface area contributed by atoms with Crippen molar-refractivity contribution in [2.75, 3.05) is 5.32 Å². The van der Waals surface area contributed by atoms with Gasteiger partial charge in [0.2, 0.25) is 0 Å². The third-order valence-electron chi connectivity index (χ3n) is 4.83. The van der Waals surface area contributed by atoms with Crippen LogP contribution in [-0.4, -0.2) is 5.91 Å². The van der Waals surface area contributed by atoms with E-state index in [9.17, 15) is 10.1 Å². The molecule has 150 valence electrons. The van der Waals surface area contributed by atoms with E-state index in [0.717, 1.165) is 22.3 Å². The number of anilines is 1. The quantitative estimate of drug-likeness (QED) is 0.427. The lowest BCUT2D eigenvalue weighted by Gasteiger charge is -2.08. The molecule has 1 N–H and O–H groups in total. The van der Waals surface area contributed by atoms with Crippen LogP contribution in [0.25, 0.3) is 6.08 Å². The van der Waals surface area contributed by atoms with Crippen LogP contribution in [0, 0.1) is 32.1 Å². The molecule has 0 aliphatic heterocycles. The molecule has 3 rings (SSSR count). The van der Waals surface area contributed by atoms with Crippen LogP contribution in [0.1, 0.15) is 27.8 Å². The summed E-state index contributed by atoms with van der Waals surface area (Å²) >= 11 is 0. The number of carbonyl (C=O) groups is 1. The van der Waals surface area contributed by atoms with Gasteiger partial charge in [-0.25, -0.2) is 0 Å². The minimum atomic E-state index is -0.438. The highest BCUT2D eigenvalue weighted by atomic mass is 16.5. The predicted molar refractivity (Wildman–Crippen MR) is 120 cm³/mol. The Morgan fingerprint density at radius 1 is 1.00 bits per heavy atom. The number of ether oxygens (including phenoxy) is 1. The summed E-state index contributed by atoms with van der Waals surface area (Å²) in [7, 11) is 0. The Labute approximate surface area is 177 Å². The number of rotatable bonds is 6. The van der Waals surface area contributed by atoms with E-state index in [-0.39, 0.29) is 5.57 Å². The molecule has 0 atom stereocenters. The molecule has 30 heavy (non-hydrogen) atoms.